The number of unbranched alkanes of at least 4 members (excludes halogenated alkanes) is 2. The van der Waals surface area contributed by atoms with Gasteiger partial charge in [-0.1, -0.05) is 56.2 Å². The lowest BCUT2D eigenvalue weighted by Gasteiger charge is -2.26. The predicted molar refractivity (Wildman–Crippen MR) is 161 cm³/mol. The monoisotopic (exact) mass is 556 g/mol. The molecule has 1 saturated heterocycles. The van der Waals surface area contributed by atoms with Crippen molar-refractivity contribution in [2.24, 2.45) is 0 Å². The quantitative estimate of drug-likeness (QED) is 0.118. The summed E-state index contributed by atoms with van der Waals surface area (Å²) >= 11 is 0. The normalized spacial score (nSPS) is 16.4. The summed E-state index contributed by atoms with van der Waals surface area (Å²) in [6.07, 6.45) is 3.22. The molecule has 1 unspecified atom stereocenters. The van der Waals surface area contributed by atoms with Crippen LogP contribution in [-0.4, -0.2) is 60.4 Å². The number of hydrogen-bond donors (Lipinski definition) is 1. The molecule has 1 heterocycles. The van der Waals surface area contributed by atoms with Crippen LogP contribution in [0.4, 0.5) is 0 Å². The number of ether oxygens (including phenoxy) is 2. The van der Waals surface area contributed by atoms with Gasteiger partial charge in [-0.15, -0.1) is 0 Å². The Bertz CT molecular complexity index is 1360. The summed E-state index contributed by atoms with van der Waals surface area (Å²) in [6, 6.07) is 21.7. The molecule has 1 amide bonds. The third-order valence-corrected chi connectivity index (χ3v) is 7.32. The van der Waals surface area contributed by atoms with Gasteiger partial charge in [0.1, 0.15) is 23.9 Å². The van der Waals surface area contributed by atoms with Gasteiger partial charge in [0.25, 0.3) is 11.7 Å². The highest BCUT2D eigenvalue weighted by Crippen LogP contribution is 2.40. The van der Waals surface area contributed by atoms with Crippen molar-refractivity contribution < 1.29 is 24.2 Å². The minimum Gasteiger partial charge on any atom is -0.507 e. The molecule has 0 aliphatic carbocycles. The molecule has 0 aromatic heterocycles. The van der Waals surface area contributed by atoms with E-state index in [0.29, 0.717) is 37.6 Å². The summed E-state index contributed by atoms with van der Waals surface area (Å²) in [5.74, 6) is -0.132. The largest absolute Gasteiger partial charge is 0.507 e. The fraction of sp³-hybridized carbons (Fsp3) is 0.353. The topological polar surface area (TPSA) is 79.3 Å². The van der Waals surface area contributed by atoms with Gasteiger partial charge in [-0.3, -0.25) is 9.59 Å². The SMILES string of the molecule is CCCCCOc1ccc(C2/C(=C(\O)c3ccc(OCc4ccccc4C)cc3)C(=O)C(=O)N2CCN(C)C)cc1. The number of aliphatic hydroxyl groups excluding tert-OH is 1. The maximum absolute atomic E-state index is 13.3. The first-order valence-electron chi connectivity index (χ1n) is 14.2. The molecule has 1 N–H and O–H groups in total. The second-order valence-corrected chi connectivity index (χ2v) is 10.7. The van der Waals surface area contributed by atoms with E-state index in [0.717, 1.165) is 41.7 Å². The van der Waals surface area contributed by atoms with E-state index in [1.165, 1.54) is 0 Å². The van der Waals surface area contributed by atoms with E-state index >= 15 is 0 Å². The smallest absolute Gasteiger partial charge is 0.295 e. The number of hydrogen-bond acceptors (Lipinski definition) is 6. The summed E-state index contributed by atoms with van der Waals surface area (Å²) in [5.41, 5.74) is 3.51. The van der Waals surface area contributed by atoms with Crippen LogP contribution in [0.2, 0.25) is 0 Å². The Kier molecular flexibility index (Phi) is 10.2. The Hall–Kier alpha value is -4.10. The van der Waals surface area contributed by atoms with Crippen LogP contribution in [0.5, 0.6) is 11.5 Å². The first-order chi connectivity index (χ1) is 19.8. The van der Waals surface area contributed by atoms with Crippen LogP contribution in [0.1, 0.15) is 54.5 Å². The summed E-state index contributed by atoms with van der Waals surface area (Å²) in [7, 11) is 3.83. The number of carbonyl (C=O) groups is 2. The molecular formula is C34H40N2O5. The predicted octanol–water partition coefficient (Wildman–Crippen LogP) is 6.13. The number of likely N-dealkylation sites (tertiary alicyclic amines) is 1. The Balaban J connectivity index is 1.60. The molecule has 0 bridgehead atoms. The number of nitrogens with zero attached hydrogens (tertiary/aromatic N) is 2. The van der Waals surface area contributed by atoms with Gasteiger partial charge in [0.2, 0.25) is 0 Å². The van der Waals surface area contributed by atoms with Crippen molar-refractivity contribution in [3.63, 3.8) is 0 Å². The van der Waals surface area contributed by atoms with Crippen molar-refractivity contribution >= 4 is 17.4 Å². The zero-order valence-corrected chi connectivity index (χ0v) is 24.4. The van der Waals surface area contributed by atoms with Crippen LogP contribution < -0.4 is 9.47 Å². The van der Waals surface area contributed by atoms with Crippen molar-refractivity contribution in [2.75, 3.05) is 33.8 Å². The van der Waals surface area contributed by atoms with Gasteiger partial charge < -0.3 is 24.4 Å². The highest BCUT2D eigenvalue weighted by atomic mass is 16.5. The van der Waals surface area contributed by atoms with E-state index in [9.17, 15) is 14.7 Å². The molecule has 0 saturated carbocycles. The second kappa shape index (κ2) is 14.0. The average Bonchev–Trinajstić information content (AvgIpc) is 3.23. The third kappa shape index (κ3) is 7.35. The minimum atomic E-state index is -0.707. The number of aliphatic hydroxyl groups is 1. The fourth-order valence-corrected chi connectivity index (χ4v) is 4.85. The Labute approximate surface area is 243 Å². The van der Waals surface area contributed by atoms with Crippen molar-refractivity contribution in [1.82, 2.24) is 9.80 Å². The van der Waals surface area contributed by atoms with Crippen molar-refractivity contribution in [3.05, 3.63) is 101 Å². The number of amides is 1. The van der Waals surface area contributed by atoms with E-state index in [2.05, 4.69) is 6.92 Å². The van der Waals surface area contributed by atoms with Gasteiger partial charge in [-0.25, -0.2) is 0 Å². The van der Waals surface area contributed by atoms with Crippen LogP contribution in [0.3, 0.4) is 0 Å². The molecular weight excluding hydrogens is 516 g/mol. The van der Waals surface area contributed by atoms with E-state index in [1.807, 2.05) is 74.4 Å². The summed E-state index contributed by atoms with van der Waals surface area (Å²) < 4.78 is 11.8. The van der Waals surface area contributed by atoms with Crippen LogP contribution in [-0.2, 0) is 16.2 Å². The maximum Gasteiger partial charge on any atom is 0.295 e. The Morgan fingerprint density at radius 3 is 2.22 bits per heavy atom. The average molecular weight is 557 g/mol. The zero-order valence-electron chi connectivity index (χ0n) is 24.4. The first kappa shape index (κ1) is 29.9. The fourth-order valence-electron chi connectivity index (χ4n) is 4.85. The molecule has 7 nitrogen and oxygen atoms in total. The number of aryl methyl sites for hydroxylation is 1. The standard InChI is InChI=1S/C34H40N2O5/c1-5-6-9-22-40-28-16-12-25(13-17-28)31-30(33(38)34(39)36(31)21-20-35(3)4)32(37)26-14-18-29(19-15-26)41-23-27-11-8-7-10-24(27)2/h7-8,10-19,31,37H,5-6,9,20-23H2,1-4H3/b32-30+. The number of rotatable bonds is 13. The van der Waals surface area contributed by atoms with E-state index in [4.69, 9.17) is 9.47 Å². The van der Waals surface area contributed by atoms with Crippen molar-refractivity contribution in [1.29, 1.82) is 0 Å². The highest BCUT2D eigenvalue weighted by Gasteiger charge is 2.45. The Morgan fingerprint density at radius 1 is 0.902 bits per heavy atom. The van der Waals surface area contributed by atoms with Crippen molar-refractivity contribution in [3.8, 4) is 11.5 Å². The van der Waals surface area contributed by atoms with Gasteiger partial charge in [0.15, 0.2) is 0 Å². The zero-order chi connectivity index (χ0) is 29.4. The number of carbonyl (C=O) groups excluding carboxylic acids is 2. The van der Waals surface area contributed by atoms with Crippen LogP contribution in [0.15, 0.2) is 78.4 Å². The van der Waals surface area contributed by atoms with Gasteiger partial charge in [0, 0.05) is 18.7 Å². The number of benzene rings is 3. The summed E-state index contributed by atoms with van der Waals surface area (Å²) in [4.78, 5) is 30.0. The molecule has 0 spiro atoms. The minimum absolute atomic E-state index is 0.0824. The molecule has 3 aromatic carbocycles. The van der Waals surface area contributed by atoms with E-state index in [-0.39, 0.29) is 11.3 Å². The van der Waals surface area contributed by atoms with Gasteiger partial charge in [-0.2, -0.15) is 0 Å². The van der Waals surface area contributed by atoms with E-state index < -0.39 is 17.7 Å². The molecule has 1 atom stereocenters. The molecule has 1 aliphatic rings. The third-order valence-electron chi connectivity index (χ3n) is 7.32. The molecule has 4 rings (SSSR count). The molecule has 41 heavy (non-hydrogen) atoms. The second-order valence-electron chi connectivity index (χ2n) is 10.7. The molecule has 1 aliphatic heterocycles. The van der Waals surface area contributed by atoms with Crippen LogP contribution >= 0.6 is 0 Å². The molecule has 7 heteroatoms. The summed E-state index contributed by atoms with van der Waals surface area (Å²) in [5, 5.41) is 11.4. The Morgan fingerprint density at radius 2 is 1.56 bits per heavy atom. The number of ketones is 1. The lowest BCUT2D eigenvalue weighted by Crippen LogP contribution is -2.35. The maximum atomic E-state index is 13.3. The molecule has 216 valence electrons. The lowest BCUT2D eigenvalue weighted by atomic mass is 9.95. The summed E-state index contributed by atoms with van der Waals surface area (Å²) in [6.45, 7) is 6.18. The van der Waals surface area contributed by atoms with Crippen LogP contribution in [0, 0.1) is 6.92 Å². The number of likely N-dealkylation sites (N-methyl/N-ethyl adjacent to an activating group) is 1. The van der Waals surface area contributed by atoms with Gasteiger partial charge in [0.05, 0.1) is 18.2 Å². The molecule has 0 radical (unpaired) electrons. The molecule has 3 aromatic rings. The van der Waals surface area contributed by atoms with Gasteiger partial charge >= 0.3 is 0 Å². The molecule has 1 fully saturated rings. The van der Waals surface area contributed by atoms with E-state index in [1.54, 1.807) is 29.2 Å². The lowest BCUT2D eigenvalue weighted by molar-refractivity contribution is -0.140. The van der Waals surface area contributed by atoms with Crippen molar-refractivity contribution in [2.45, 2.75) is 45.8 Å². The highest BCUT2D eigenvalue weighted by molar-refractivity contribution is 6.46. The first-order valence-corrected chi connectivity index (χ1v) is 14.2. The number of Topliss-reactive ketones (excluding diaryl/α,β-unsaturated/α-hetero) is 1. The van der Waals surface area contributed by atoms with Crippen LogP contribution in [0.25, 0.3) is 5.76 Å². The van der Waals surface area contributed by atoms with Gasteiger partial charge in [-0.05, 0) is 80.5 Å².